The topological polar surface area (TPSA) is 122 Å². The largest absolute Gasteiger partial charge is 0.485 e. The molecule has 0 unspecified atom stereocenters. The number of nitrogens with zero attached hydrogens (tertiary/aromatic N) is 1. The summed E-state index contributed by atoms with van der Waals surface area (Å²) < 4.78 is 11.1. The highest BCUT2D eigenvalue weighted by molar-refractivity contribution is 7.98. The van der Waals surface area contributed by atoms with E-state index in [9.17, 15) is 14.4 Å². The number of hydrogen-bond donors (Lipinski definition) is 3. The number of thiophene rings is 1. The Kier molecular flexibility index (Phi) is 6.23. The summed E-state index contributed by atoms with van der Waals surface area (Å²) in [6.45, 7) is 0.0668. The third-order valence-electron chi connectivity index (χ3n) is 5.46. The number of amides is 2. The summed E-state index contributed by atoms with van der Waals surface area (Å²) in [5, 5.41) is 0.743. The molecule has 0 spiro atoms. The highest BCUT2D eigenvalue weighted by atomic mass is 32.2. The molecule has 5 rings (SSSR count). The average molecular weight is 487 g/mol. The highest BCUT2D eigenvalue weighted by Crippen LogP contribution is 2.34. The van der Waals surface area contributed by atoms with E-state index in [1.165, 1.54) is 16.6 Å². The highest BCUT2D eigenvalue weighted by Gasteiger charge is 2.27. The maximum Gasteiger partial charge on any atom is 0.283 e. The summed E-state index contributed by atoms with van der Waals surface area (Å²) >= 11 is 3.10. The van der Waals surface area contributed by atoms with Gasteiger partial charge in [-0.1, -0.05) is 12.1 Å². The lowest BCUT2D eigenvalue weighted by Crippen LogP contribution is -2.50. The minimum Gasteiger partial charge on any atom is -0.485 e. The number of hydrogen-bond acceptors (Lipinski definition) is 8. The number of aryl methyl sites for hydroxylation is 2. The van der Waals surface area contributed by atoms with Crippen molar-refractivity contribution in [2.75, 3.05) is 12.4 Å². The molecule has 1 aromatic carbocycles. The number of aromatic amines is 1. The molecule has 0 bridgehead atoms. The zero-order valence-electron chi connectivity index (χ0n) is 17.6. The molecule has 0 radical (unpaired) electrons. The van der Waals surface area contributed by atoms with Crippen LogP contribution in [0.3, 0.4) is 0 Å². The van der Waals surface area contributed by atoms with Crippen LogP contribution in [0.4, 0.5) is 0 Å². The number of fused-ring (bicyclic) bond motifs is 4. The van der Waals surface area contributed by atoms with Gasteiger partial charge < -0.3 is 14.5 Å². The molecule has 2 amide bonds. The minimum absolute atomic E-state index is 0.0668. The van der Waals surface area contributed by atoms with E-state index in [2.05, 4.69) is 20.8 Å². The van der Waals surface area contributed by atoms with Crippen molar-refractivity contribution < 1.29 is 19.1 Å². The first-order valence-corrected chi connectivity index (χ1v) is 12.6. The normalized spacial score (nSPS) is 16.4. The summed E-state index contributed by atoms with van der Waals surface area (Å²) in [5.41, 5.74) is 5.86. The molecule has 2 aliphatic rings. The SMILES string of the molecule is O=C(CCSCc1nc2sc3c(c2c(=O)[nH]1)CCC3)NNC(=O)[C@H]1COc2ccccc2O1. The first-order valence-electron chi connectivity index (χ1n) is 10.7. The Balaban J connectivity index is 1.05. The van der Waals surface area contributed by atoms with Crippen molar-refractivity contribution in [3.8, 4) is 11.5 Å². The molecule has 3 heterocycles. The Morgan fingerprint density at radius 1 is 1.21 bits per heavy atom. The quantitative estimate of drug-likeness (QED) is 0.360. The van der Waals surface area contributed by atoms with Crippen LogP contribution in [-0.4, -0.2) is 40.2 Å². The van der Waals surface area contributed by atoms with Gasteiger partial charge in [0.05, 0.1) is 11.1 Å². The van der Waals surface area contributed by atoms with Crippen molar-refractivity contribution in [3.05, 3.63) is 50.9 Å². The van der Waals surface area contributed by atoms with Gasteiger partial charge in [-0.15, -0.1) is 11.3 Å². The number of ether oxygens (including phenoxy) is 2. The molecule has 172 valence electrons. The van der Waals surface area contributed by atoms with Crippen molar-refractivity contribution in [1.29, 1.82) is 0 Å². The van der Waals surface area contributed by atoms with Gasteiger partial charge in [-0.05, 0) is 37.0 Å². The van der Waals surface area contributed by atoms with Crippen LogP contribution in [0.1, 0.15) is 29.1 Å². The predicted molar refractivity (Wildman–Crippen MR) is 126 cm³/mol. The molecule has 11 heteroatoms. The second-order valence-corrected chi connectivity index (χ2v) is 9.94. The minimum atomic E-state index is -0.842. The first kappa shape index (κ1) is 21.8. The van der Waals surface area contributed by atoms with E-state index in [1.807, 2.05) is 6.07 Å². The molecule has 3 N–H and O–H groups in total. The summed E-state index contributed by atoms with van der Waals surface area (Å²) in [7, 11) is 0. The maximum absolute atomic E-state index is 12.5. The Hall–Kier alpha value is -3.05. The van der Waals surface area contributed by atoms with Crippen molar-refractivity contribution in [3.63, 3.8) is 0 Å². The molecular weight excluding hydrogens is 464 g/mol. The molecule has 1 aliphatic heterocycles. The lowest BCUT2D eigenvalue weighted by atomic mass is 10.2. The zero-order valence-corrected chi connectivity index (χ0v) is 19.3. The Bertz CT molecular complexity index is 1270. The molecule has 33 heavy (non-hydrogen) atoms. The van der Waals surface area contributed by atoms with Gasteiger partial charge in [0.25, 0.3) is 11.5 Å². The van der Waals surface area contributed by atoms with Crippen LogP contribution in [0.5, 0.6) is 11.5 Å². The number of carbonyl (C=O) groups excluding carboxylic acids is 2. The predicted octanol–water partition coefficient (Wildman–Crippen LogP) is 2.08. The molecule has 9 nitrogen and oxygen atoms in total. The van der Waals surface area contributed by atoms with E-state index in [1.54, 1.807) is 29.5 Å². The van der Waals surface area contributed by atoms with Crippen molar-refractivity contribution in [2.45, 2.75) is 37.5 Å². The second-order valence-electron chi connectivity index (χ2n) is 7.75. The standard InChI is InChI=1S/C22H22N4O5S2/c27-18(25-26-20(28)15-10-30-13-5-1-2-6-14(13)31-15)8-9-32-11-17-23-21(29)19-12-4-3-7-16(12)33-22(19)24-17/h1-2,5-6,15H,3-4,7-11H2,(H,25,27)(H,26,28)(H,23,24,29)/t15-/m1/s1. The first-order chi connectivity index (χ1) is 16.1. The lowest BCUT2D eigenvalue weighted by molar-refractivity contribution is -0.135. The van der Waals surface area contributed by atoms with Crippen LogP contribution in [-0.2, 0) is 28.2 Å². The van der Waals surface area contributed by atoms with Crippen LogP contribution >= 0.6 is 23.1 Å². The maximum atomic E-state index is 12.5. The second kappa shape index (κ2) is 9.44. The number of benzene rings is 1. The fourth-order valence-corrected chi connectivity index (χ4v) is 5.96. The summed E-state index contributed by atoms with van der Waals surface area (Å²) in [6.07, 6.45) is 2.44. The summed E-state index contributed by atoms with van der Waals surface area (Å²) in [4.78, 5) is 46.4. The molecule has 1 atom stereocenters. The lowest BCUT2D eigenvalue weighted by Gasteiger charge is -2.25. The van der Waals surface area contributed by atoms with Crippen molar-refractivity contribution >= 4 is 45.1 Å². The zero-order chi connectivity index (χ0) is 22.8. The molecule has 2 aromatic heterocycles. The van der Waals surface area contributed by atoms with Gasteiger partial charge in [0.15, 0.2) is 11.5 Å². The van der Waals surface area contributed by atoms with Crippen LogP contribution in [0.15, 0.2) is 29.1 Å². The number of para-hydroxylation sites is 2. The summed E-state index contributed by atoms with van der Waals surface area (Å²) in [6, 6.07) is 7.09. The van der Waals surface area contributed by atoms with Crippen LogP contribution in [0.25, 0.3) is 10.2 Å². The van der Waals surface area contributed by atoms with Crippen molar-refractivity contribution in [2.24, 2.45) is 0 Å². The monoisotopic (exact) mass is 486 g/mol. The van der Waals surface area contributed by atoms with Gasteiger partial charge in [-0.2, -0.15) is 11.8 Å². The Morgan fingerprint density at radius 2 is 2.06 bits per heavy atom. The van der Waals surface area contributed by atoms with E-state index in [4.69, 9.17) is 9.47 Å². The number of carbonyl (C=O) groups is 2. The molecule has 0 saturated heterocycles. The van der Waals surface area contributed by atoms with Crippen molar-refractivity contribution in [1.82, 2.24) is 20.8 Å². The van der Waals surface area contributed by atoms with Crippen LogP contribution in [0, 0.1) is 0 Å². The van der Waals surface area contributed by atoms with Gasteiger partial charge in [-0.25, -0.2) is 4.98 Å². The van der Waals surface area contributed by atoms with Gasteiger partial charge in [0.1, 0.15) is 17.3 Å². The van der Waals surface area contributed by atoms with E-state index >= 15 is 0 Å². The van der Waals surface area contributed by atoms with E-state index in [0.717, 1.165) is 35.0 Å². The van der Waals surface area contributed by atoms with E-state index in [0.29, 0.717) is 28.8 Å². The Morgan fingerprint density at radius 3 is 2.94 bits per heavy atom. The fraction of sp³-hybridized carbons (Fsp3) is 0.364. The summed E-state index contributed by atoms with van der Waals surface area (Å²) in [5.74, 6) is 1.90. The number of rotatable bonds is 6. The molecule has 0 fully saturated rings. The fourth-order valence-electron chi connectivity index (χ4n) is 3.87. The van der Waals surface area contributed by atoms with Gasteiger partial charge in [-0.3, -0.25) is 25.2 Å². The number of nitrogens with one attached hydrogen (secondary N) is 3. The number of hydrazine groups is 1. The van der Waals surface area contributed by atoms with Gasteiger partial charge in [0, 0.05) is 17.1 Å². The molecule has 0 saturated carbocycles. The number of H-pyrrole nitrogens is 1. The molecular formula is C22H22N4O5S2. The molecule has 1 aliphatic carbocycles. The van der Waals surface area contributed by atoms with Gasteiger partial charge in [0.2, 0.25) is 12.0 Å². The third-order valence-corrected chi connectivity index (χ3v) is 7.62. The van der Waals surface area contributed by atoms with Crippen LogP contribution < -0.4 is 25.9 Å². The van der Waals surface area contributed by atoms with E-state index < -0.39 is 12.0 Å². The average Bonchev–Trinajstić information content (AvgIpc) is 3.41. The van der Waals surface area contributed by atoms with Crippen LogP contribution in [0.2, 0.25) is 0 Å². The Labute approximate surface area is 197 Å². The van der Waals surface area contributed by atoms with E-state index in [-0.39, 0.29) is 24.5 Å². The number of aromatic nitrogens is 2. The third kappa shape index (κ3) is 4.69. The smallest absolute Gasteiger partial charge is 0.283 e. The molecule has 3 aromatic rings. The van der Waals surface area contributed by atoms with Gasteiger partial charge >= 0.3 is 0 Å². The number of thioether (sulfide) groups is 1.